The van der Waals surface area contributed by atoms with E-state index in [1.54, 1.807) is 0 Å². The van der Waals surface area contributed by atoms with Gasteiger partial charge in [-0.15, -0.1) is 0 Å². The molecule has 0 aromatic heterocycles. The van der Waals surface area contributed by atoms with Crippen molar-refractivity contribution in [3.8, 4) is 11.5 Å². The minimum atomic E-state index is -0.142. The van der Waals surface area contributed by atoms with Crippen LogP contribution in [-0.2, 0) is 6.42 Å². The zero-order valence-corrected chi connectivity index (χ0v) is 25.8. The van der Waals surface area contributed by atoms with Crippen LogP contribution in [0.1, 0.15) is 180 Å². The van der Waals surface area contributed by atoms with E-state index in [4.69, 9.17) is 4.74 Å². The lowest BCUT2D eigenvalue weighted by atomic mass is 9.64. The third-order valence-corrected chi connectivity index (χ3v) is 9.75. The normalized spacial score (nSPS) is 22.1. The smallest absolute Gasteiger partial charge is 0.127 e. The SMILES string of the molecule is CCCCCCCCCCCCCCCCCCCCc1cc(O)c2c(c1)OC(C)(C)[C@@H]1CCC(C)C[C@@H]21. The Morgan fingerprint density at radius 1 is 0.737 bits per heavy atom. The van der Waals surface area contributed by atoms with E-state index in [2.05, 4.69) is 33.8 Å². The summed E-state index contributed by atoms with van der Waals surface area (Å²) in [5.41, 5.74) is 2.20. The number of aromatic hydroxyl groups is 1. The molecule has 1 saturated carbocycles. The van der Waals surface area contributed by atoms with Gasteiger partial charge >= 0.3 is 0 Å². The largest absolute Gasteiger partial charge is 0.508 e. The Hall–Kier alpha value is -1.18. The van der Waals surface area contributed by atoms with E-state index in [-0.39, 0.29) is 5.60 Å². The second-order valence-corrected chi connectivity index (χ2v) is 13.6. The molecule has 2 heteroatoms. The fourth-order valence-corrected chi connectivity index (χ4v) is 7.39. The second-order valence-electron chi connectivity index (χ2n) is 13.6. The Morgan fingerprint density at radius 3 is 1.76 bits per heavy atom. The maximum absolute atomic E-state index is 11.0. The van der Waals surface area contributed by atoms with Crippen molar-refractivity contribution < 1.29 is 9.84 Å². The molecule has 0 bridgehead atoms. The third kappa shape index (κ3) is 10.1. The Balaban J connectivity index is 1.22. The second kappa shape index (κ2) is 16.8. The number of fused-ring (bicyclic) bond motifs is 3. The molecule has 1 aromatic carbocycles. The Morgan fingerprint density at radius 2 is 1.24 bits per heavy atom. The molecular formula is C36H62O2. The Labute approximate surface area is 236 Å². The lowest BCUT2D eigenvalue weighted by Gasteiger charge is -2.48. The van der Waals surface area contributed by atoms with E-state index < -0.39 is 0 Å². The molecule has 1 aromatic rings. The average molecular weight is 527 g/mol. The van der Waals surface area contributed by atoms with Crippen molar-refractivity contribution in [1.29, 1.82) is 0 Å². The molecule has 1 N–H and O–H groups in total. The van der Waals surface area contributed by atoms with Crippen molar-refractivity contribution in [3.05, 3.63) is 23.3 Å². The van der Waals surface area contributed by atoms with Crippen molar-refractivity contribution >= 4 is 0 Å². The van der Waals surface area contributed by atoms with Crippen molar-refractivity contribution in [3.63, 3.8) is 0 Å². The quantitative estimate of drug-likeness (QED) is 0.182. The summed E-state index contributed by atoms with van der Waals surface area (Å²) in [5.74, 6) is 3.13. The van der Waals surface area contributed by atoms with Crippen molar-refractivity contribution in [1.82, 2.24) is 0 Å². The molecule has 218 valence electrons. The van der Waals surface area contributed by atoms with Crippen molar-refractivity contribution in [2.75, 3.05) is 0 Å². The van der Waals surface area contributed by atoms with Crippen LogP contribution < -0.4 is 4.74 Å². The van der Waals surface area contributed by atoms with Crippen LogP contribution in [0.25, 0.3) is 0 Å². The third-order valence-electron chi connectivity index (χ3n) is 9.75. The number of phenolic OH excluding ortho intramolecular Hbond substituents is 1. The van der Waals surface area contributed by atoms with Gasteiger partial charge < -0.3 is 9.84 Å². The van der Waals surface area contributed by atoms with Crippen LogP contribution in [0, 0.1) is 11.8 Å². The maximum Gasteiger partial charge on any atom is 0.127 e. The van der Waals surface area contributed by atoms with E-state index in [1.807, 2.05) is 6.07 Å². The summed E-state index contributed by atoms with van der Waals surface area (Å²) in [6.45, 7) is 9.17. The van der Waals surface area contributed by atoms with Gasteiger partial charge in [-0.3, -0.25) is 0 Å². The zero-order valence-electron chi connectivity index (χ0n) is 25.8. The van der Waals surface area contributed by atoms with Gasteiger partial charge in [-0.05, 0) is 69.1 Å². The van der Waals surface area contributed by atoms with E-state index in [0.29, 0.717) is 17.6 Å². The fraction of sp³-hybridized carbons (Fsp3) is 0.833. The standard InChI is InChI=1S/C36H62O2/c1-5-6-7-8-9-10-11-12-13-14-15-16-17-18-19-20-21-22-23-30-27-33(37)35-31-26-29(2)24-25-32(31)36(3,4)38-34(35)28-30/h27-29,31-32,37H,5-26H2,1-4H3/t29?,31-,32-/m1/s1. The summed E-state index contributed by atoms with van der Waals surface area (Å²) in [6, 6.07) is 4.30. The maximum atomic E-state index is 11.0. The summed E-state index contributed by atoms with van der Waals surface area (Å²) >= 11 is 0. The molecule has 0 amide bonds. The monoisotopic (exact) mass is 526 g/mol. The first kappa shape index (κ1) is 31.3. The van der Waals surface area contributed by atoms with E-state index in [9.17, 15) is 5.11 Å². The topological polar surface area (TPSA) is 29.5 Å². The van der Waals surface area contributed by atoms with Gasteiger partial charge in [0, 0.05) is 11.5 Å². The van der Waals surface area contributed by atoms with Crippen molar-refractivity contribution in [2.24, 2.45) is 11.8 Å². The highest BCUT2D eigenvalue weighted by atomic mass is 16.5. The van der Waals surface area contributed by atoms with Gasteiger partial charge in [0.25, 0.3) is 0 Å². The molecule has 2 nitrogen and oxygen atoms in total. The average Bonchev–Trinajstić information content (AvgIpc) is 2.87. The van der Waals surface area contributed by atoms with Crippen LogP contribution in [0.5, 0.6) is 11.5 Å². The highest BCUT2D eigenvalue weighted by Gasteiger charge is 2.47. The molecule has 0 spiro atoms. The minimum Gasteiger partial charge on any atom is -0.508 e. The fourth-order valence-electron chi connectivity index (χ4n) is 7.39. The number of benzene rings is 1. The number of hydrogen-bond donors (Lipinski definition) is 1. The Bertz CT molecular complexity index is 782. The molecule has 0 radical (unpaired) electrons. The molecule has 1 aliphatic carbocycles. The number of phenols is 1. The summed E-state index contributed by atoms with van der Waals surface area (Å²) < 4.78 is 6.53. The predicted octanol–water partition coefficient (Wildman–Crippen LogP) is 11.7. The molecule has 2 aliphatic rings. The number of hydrogen-bond acceptors (Lipinski definition) is 2. The van der Waals surface area contributed by atoms with E-state index in [0.717, 1.165) is 23.7 Å². The molecule has 1 aliphatic heterocycles. The number of unbranched alkanes of at least 4 members (excludes halogenated alkanes) is 17. The minimum absolute atomic E-state index is 0.142. The molecule has 1 unspecified atom stereocenters. The Kier molecular flexibility index (Phi) is 13.9. The predicted molar refractivity (Wildman–Crippen MR) is 165 cm³/mol. The van der Waals surface area contributed by atoms with Crippen LogP contribution in [0.2, 0.25) is 0 Å². The van der Waals surface area contributed by atoms with Gasteiger partial charge in [-0.2, -0.15) is 0 Å². The van der Waals surface area contributed by atoms with Crippen LogP contribution in [0.3, 0.4) is 0 Å². The highest BCUT2D eigenvalue weighted by molar-refractivity contribution is 5.52. The molecule has 38 heavy (non-hydrogen) atoms. The van der Waals surface area contributed by atoms with Crippen LogP contribution >= 0.6 is 0 Å². The van der Waals surface area contributed by atoms with Gasteiger partial charge in [0.05, 0.1) is 0 Å². The molecule has 3 rings (SSSR count). The zero-order chi connectivity index (χ0) is 27.2. The van der Waals surface area contributed by atoms with Crippen LogP contribution in [-0.4, -0.2) is 10.7 Å². The van der Waals surface area contributed by atoms with E-state index >= 15 is 0 Å². The first-order chi connectivity index (χ1) is 18.4. The lowest BCUT2D eigenvalue weighted by Crippen LogP contribution is -2.46. The molecule has 1 heterocycles. The highest BCUT2D eigenvalue weighted by Crippen LogP contribution is 2.55. The van der Waals surface area contributed by atoms with Crippen LogP contribution in [0.15, 0.2) is 12.1 Å². The van der Waals surface area contributed by atoms with Crippen LogP contribution in [0.4, 0.5) is 0 Å². The summed E-state index contributed by atoms with van der Waals surface area (Å²) in [6.07, 6.45) is 30.1. The van der Waals surface area contributed by atoms with E-state index in [1.165, 1.54) is 140 Å². The first-order valence-corrected chi connectivity index (χ1v) is 17.0. The summed E-state index contributed by atoms with van der Waals surface area (Å²) in [5, 5.41) is 11.0. The van der Waals surface area contributed by atoms with Gasteiger partial charge in [-0.1, -0.05) is 129 Å². The summed E-state index contributed by atoms with van der Waals surface area (Å²) in [4.78, 5) is 0. The molecule has 0 saturated heterocycles. The molecule has 1 fully saturated rings. The van der Waals surface area contributed by atoms with Gasteiger partial charge in [0.15, 0.2) is 0 Å². The molecular weight excluding hydrogens is 464 g/mol. The van der Waals surface area contributed by atoms with Gasteiger partial charge in [-0.25, -0.2) is 0 Å². The van der Waals surface area contributed by atoms with Gasteiger partial charge in [0.1, 0.15) is 17.1 Å². The van der Waals surface area contributed by atoms with Gasteiger partial charge in [0.2, 0.25) is 0 Å². The first-order valence-electron chi connectivity index (χ1n) is 17.0. The number of aryl methyl sites for hydroxylation is 1. The number of ether oxygens (including phenoxy) is 1. The number of rotatable bonds is 19. The van der Waals surface area contributed by atoms with Crippen molar-refractivity contribution in [2.45, 2.75) is 180 Å². The summed E-state index contributed by atoms with van der Waals surface area (Å²) in [7, 11) is 0. The molecule has 3 atom stereocenters. The lowest BCUT2D eigenvalue weighted by molar-refractivity contribution is -0.0145.